The Morgan fingerprint density at radius 1 is 1.26 bits per heavy atom. The van der Waals surface area contributed by atoms with Crippen molar-refractivity contribution >= 4 is 17.4 Å². The van der Waals surface area contributed by atoms with Crippen LogP contribution in [0, 0.1) is 5.82 Å². The molecule has 2 aromatic carbocycles. The number of benzene rings is 2. The molecule has 0 aliphatic carbocycles. The van der Waals surface area contributed by atoms with Crippen LogP contribution >= 0.6 is 11.6 Å². The lowest BCUT2D eigenvalue weighted by Gasteiger charge is -2.06. The molecule has 4 heteroatoms. The zero-order chi connectivity index (χ0) is 13.8. The lowest BCUT2D eigenvalue weighted by atomic mass is 10.0. The average molecular weight is 279 g/mol. The highest BCUT2D eigenvalue weighted by molar-refractivity contribution is 6.34. The van der Waals surface area contributed by atoms with Crippen LogP contribution in [0.3, 0.4) is 0 Å². The van der Waals surface area contributed by atoms with E-state index in [-0.39, 0.29) is 22.8 Å². The summed E-state index contributed by atoms with van der Waals surface area (Å²) in [5.74, 6) is -0.0215. The number of ether oxygens (including phenoxy) is 1. The molecular formula is C15H12ClFO2. The van der Waals surface area contributed by atoms with Gasteiger partial charge in [-0.2, -0.15) is 0 Å². The Kier molecular flexibility index (Phi) is 4.17. The summed E-state index contributed by atoms with van der Waals surface area (Å²) in [7, 11) is 1.56. The highest BCUT2D eigenvalue weighted by Gasteiger charge is 2.12. The van der Waals surface area contributed by atoms with E-state index in [0.717, 1.165) is 11.6 Å². The fraction of sp³-hybridized carbons (Fsp3) is 0.133. The van der Waals surface area contributed by atoms with Crippen LogP contribution < -0.4 is 4.74 Å². The maximum absolute atomic E-state index is 13.1. The lowest BCUT2D eigenvalue weighted by molar-refractivity contribution is 0.0992. The van der Waals surface area contributed by atoms with E-state index < -0.39 is 5.82 Å². The van der Waals surface area contributed by atoms with E-state index in [2.05, 4.69) is 0 Å². The molecule has 0 heterocycles. The molecule has 0 aliphatic rings. The Morgan fingerprint density at radius 2 is 2.05 bits per heavy atom. The third kappa shape index (κ3) is 3.32. The van der Waals surface area contributed by atoms with E-state index in [4.69, 9.17) is 16.3 Å². The first-order chi connectivity index (χ1) is 9.10. The van der Waals surface area contributed by atoms with Gasteiger partial charge in [-0.3, -0.25) is 4.79 Å². The molecule has 0 bridgehead atoms. The standard InChI is InChI=1S/C15H12ClFO2/c1-19-12-4-2-3-10(7-12)8-15(18)13-9-11(17)5-6-14(13)16/h2-7,9H,8H2,1H3. The first-order valence-corrected chi connectivity index (χ1v) is 6.09. The zero-order valence-corrected chi connectivity index (χ0v) is 11.1. The highest BCUT2D eigenvalue weighted by atomic mass is 35.5. The van der Waals surface area contributed by atoms with E-state index in [1.54, 1.807) is 25.3 Å². The SMILES string of the molecule is COc1cccc(CC(=O)c2cc(F)ccc2Cl)c1. The number of hydrogen-bond donors (Lipinski definition) is 0. The molecule has 0 aromatic heterocycles. The van der Waals surface area contributed by atoms with Crippen molar-refractivity contribution in [3.8, 4) is 5.75 Å². The van der Waals surface area contributed by atoms with Gasteiger partial charge in [0.15, 0.2) is 5.78 Å². The van der Waals surface area contributed by atoms with E-state index in [1.165, 1.54) is 12.1 Å². The van der Waals surface area contributed by atoms with Gasteiger partial charge < -0.3 is 4.74 Å². The molecule has 0 unspecified atom stereocenters. The number of halogens is 2. The van der Waals surface area contributed by atoms with Crippen LogP contribution in [0.25, 0.3) is 0 Å². The molecule has 2 aromatic rings. The Hall–Kier alpha value is -1.87. The Morgan fingerprint density at radius 3 is 2.79 bits per heavy atom. The normalized spacial score (nSPS) is 10.3. The number of ketones is 1. The predicted octanol–water partition coefficient (Wildman–Crippen LogP) is 3.91. The number of carbonyl (C=O) groups excluding carboxylic acids is 1. The minimum atomic E-state index is -0.474. The molecule has 0 amide bonds. The second-order valence-electron chi connectivity index (χ2n) is 4.08. The van der Waals surface area contributed by atoms with Crippen LogP contribution in [0.5, 0.6) is 5.75 Å². The number of hydrogen-bond acceptors (Lipinski definition) is 2. The Bertz CT molecular complexity index is 611. The smallest absolute Gasteiger partial charge is 0.168 e. The molecule has 0 aliphatic heterocycles. The Balaban J connectivity index is 2.23. The summed E-state index contributed by atoms with van der Waals surface area (Å²) in [5.41, 5.74) is 0.995. The zero-order valence-electron chi connectivity index (χ0n) is 10.3. The summed E-state index contributed by atoms with van der Waals surface area (Å²) in [6.07, 6.45) is 0.153. The van der Waals surface area contributed by atoms with Crippen molar-refractivity contribution in [3.63, 3.8) is 0 Å². The molecule has 0 fully saturated rings. The number of Topliss-reactive ketones (excluding diaryl/α,β-unsaturated/α-hetero) is 1. The van der Waals surface area contributed by atoms with Gasteiger partial charge in [0.1, 0.15) is 11.6 Å². The van der Waals surface area contributed by atoms with Crippen LogP contribution in [0.15, 0.2) is 42.5 Å². The minimum absolute atomic E-state index is 0.153. The van der Waals surface area contributed by atoms with Gasteiger partial charge in [0.2, 0.25) is 0 Å². The number of rotatable bonds is 4. The third-order valence-corrected chi connectivity index (χ3v) is 3.06. The van der Waals surface area contributed by atoms with Crippen molar-refractivity contribution in [1.29, 1.82) is 0 Å². The summed E-state index contributed by atoms with van der Waals surface area (Å²) < 4.78 is 18.2. The van der Waals surface area contributed by atoms with Gasteiger partial charge in [-0.25, -0.2) is 4.39 Å². The third-order valence-electron chi connectivity index (χ3n) is 2.73. The van der Waals surface area contributed by atoms with Gasteiger partial charge >= 0.3 is 0 Å². The fourth-order valence-corrected chi connectivity index (χ4v) is 2.00. The largest absolute Gasteiger partial charge is 0.497 e. The molecule has 19 heavy (non-hydrogen) atoms. The number of methoxy groups -OCH3 is 1. The Labute approximate surface area is 115 Å². The quantitative estimate of drug-likeness (QED) is 0.793. The summed E-state index contributed by atoms with van der Waals surface area (Å²) in [5, 5.41) is 0.259. The van der Waals surface area contributed by atoms with E-state index in [9.17, 15) is 9.18 Å². The average Bonchev–Trinajstić information content (AvgIpc) is 2.41. The van der Waals surface area contributed by atoms with Crippen LogP contribution in [0.4, 0.5) is 4.39 Å². The van der Waals surface area contributed by atoms with Gasteiger partial charge in [0, 0.05) is 12.0 Å². The second kappa shape index (κ2) is 5.85. The van der Waals surface area contributed by atoms with Crippen LogP contribution in [-0.4, -0.2) is 12.9 Å². The molecule has 0 saturated carbocycles. The molecule has 0 atom stereocenters. The van der Waals surface area contributed by atoms with Crippen molar-refractivity contribution in [1.82, 2.24) is 0 Å². The predicted molar refractivity (Wildman–Crippen MR) is 72.4 cm³/mol. The summed E-state index contributed by atoms with van der Waals surface area (Å²) in [6, 6.07) is 10.9. The second-order valence-corrected chi connectivity index (χ2v) is 4.48. The fourth-order valence-electron chi connectivity index (χ4n) is 1.77. The number of carbonyl (C=O) groups is 1. The van der Waals surface area contributed by atoms with Gasteiger partial charge in [0.05, 0.1) is 12.1 Å². The minimum Gasteiger partial charge on any atom is -0.497 e. The van der Waals surface area contributed by atoms with E-state index in [1.807, 2.05) is 6.07 Å². The van der Waals surface area contributed by atoms with Crippen molar-refractivity contribution in [3.05, 3.63) is 64.4 Å². The summed E-state index contributed by atoms with van der Waals surface area (Å²) in [6.45, 7) is 0. The van der Waals surface area contributed by atoms with Crippen LogP contribution in [0.2, 0.25) is 5.02 Å². The molecule has 98 valence electrons. The molecule has 0 spiro atoms. The lowest BCUT2D eigenvalue weighted by Crippen LogP contribution is -2.05. The van der Waals surface area contributed by atoms with Gasteiger partial charge in [-0.05, 0) is 35.9 Å². The van der Waals surface area contributed by atoms with Crippen LogP contribution in [-0.2, 0) is 6.42 Å². The summed E-state index contributed by atoms with van der Waals surface area (Å²) >= 11 is 5.90. The topological polar surface area (TPSA) is 26.3 Å². The molecule has 0 N–H and O–H groups in total. The van der Waals surface area contributed by atoms with Crippen molar-refractivity contribution in [2.75, 3.05) is 7.11 Å². The van der Waals surface area contributed by atoms with Gasteiger partial charge in [-0.15, -0.1) is 0 Å². The molecule has 2 rings (SSSR count). The summed E-state index contributed by atoms with van der Waals surface area (Å²) in [4.78, 5) is 12.1. The molecule has 0 saturated heterocycles. The molecular weight excluding hydrogens is 267 g/mol. The first-order valence-electron chi connectivity index (χ1n) is 5.71. The van der Waals surface area contributed by atoms with E-state index in [0.29, 0.717) is 5.75 Å². The molecule has 0 radical (unpaired) electrons. The van der Waals surface area contributed by atoms with Gasteiger partial charge in [0.25, 0.3) is 0 Å². The maximum atomic E-state index is 13.1. The monoisotopic (exact) mass is 278 g/mol. The first kappa shape index (κ1) is 13.6. The van der Waals surface area contributed by atoms with Crippen molar-refractivity contribution < 1.29 is 13.9 Å². The van der Waals surface area contributed by atoms with Crippen LogP contribution in [0.1, 0.15) is 15.9 Å². The van der Waals surface area contributed by atoms with Crippen molar-refractivity contribution in [2.24, 2.45) is 0 Å². The maximum Gasteiger partial charge on any atom is 0.168 e. The highest BCUT2D eigenvalue weighted by Crippen LogP contribution is 2.20. The molecule has 2 nitrogen and oxygen atoms in total. The van der Waals surface area contributed by atoms with Gasteiger partial charge in [-0.1, -0.05) is 23.7 Å². The van der Waals surface area contributed by atoms with Crippen molar-refractivity contribution in [2.45, 2.75) is 6.42 Å². The van der Waals surface area contributed by atoms with E-state index >= 15 is 0 Å².